The summed E-state index contributed by atoms with van der Waals surface area (Å²) < 4.78 is 5.70. The smallest absolute Gasteiger partial charge is 0.225 e. The van der Waals surface area contributed by atoms with Crippen molar-refractivity contribution in [3.05, 3.63) is 32.0 Å². The molecule has 2 heterocycles. The zero-order valence-electron chi connectivity index (χ0n) is 10.1. The second kappa shape index (κ2) is 5.45. The van der Waals surface area contributed by atoms with Crippen molar-refractivity contribution in [2.45, 2.75) is 26.8 Å². The van der Waals surface area contributed by atoms with E-state index < -0.39 is 0 Å². The summed E-state index contributed by atoms with van der Waals surface area (Å²) in [6, 6.07) is 1.80. The van der Waals surface area contributed by atoms with Crippen LogP contribution in [0.4, 0.5) is 0 Å². The van der Waals surface area contributed by atoms with Crippen molar-refractivity contribution in [2.24, 2.45) is 0 Å². The lowest BCUT2D eigenvalue weighted by atomic mass is 10.3. The van der Waals surface area contributed by atoms with Crippen LogP contribution in [0.25, 0.3) is 0 Å². The average molecular weight is 283 g/mol. The van der Waals surface area contributed by atoms with Crippen LogP contribution in [0, 0.1) is 17.8 Å². The molecule has 0 saturated heterocycles. The molecule has 96 valence electrons. The fourth-order valence-corrected chi connectivity index (χ4v) is 2.79. The van der Waals surface area contributed by atoms with Crippen LogP contribution >= 0.6 is 23.6 Å². The third-order valence-corrected chi connectivity index (χ3v) is 3.72. The Kier molecular flexibility index (Phi) is 3.93. The van der Waals surface area contributed by atoms with Gasteiger partial charge in [-0.1, -0.05) is 5.16 Å². The van der Waals surface area contributed by atoms with Gasteiger partial charge in [0.1, 0.15) is 0 Å². The third-order valence-electron chi connectivity index (χ3n) is 2.38. The first-order chi connectivity index (χ1) is 8.54. The number of hydrogen-bond donors (Lipinski definition) is 2. The molecule has 2 rings (SSSR count). The van der Waals surface area contributed by atoms with Crippen LogP contribution in [-0.2, 0) is 17.8 Å². The van der Waals surface area contributed by atoms with Gasteiger partial charge >= 0.3 is 0 Å². The van der Waals surface area contributed by atoms with Crippen LogP contribution < -0.4 is 5.32 Å². The number of hydrogen-bond acceptors (Lipinski definition) is 5. The molecule has 0 bridgehead atoms. The number of carbonyl (C=O) groups is 1. The van der Waals surface area contributed by atoms with E-state index in [-0.39, 0.29) is 5.91 Å². The maximum atomic E-state index is 11.7. The number of rotatable bonds is 4. The Morgan fingerprint density at radius 3 is 2.94 bits per heavy atom. The van der Waals surface area contributed by atoms with Gasteiger partial charge in [-0.2, -0.15) is 0 Å². The van der Waals surface area contributed by atoms with E-state index in [1.54, 1.807) is 6.07 Å². The zero-order valence-corrected chi connectivity index (χ0v) is 11.7. The van der Waals surface area contributed by atoms with Crippen LogP contribution in [0.15, 0.2) is 10.6 Å². The van der Waals surface area contributed by atoms with E-state index in [9.17, 15) is 4.79 Å². The van der Waals surface area contributed by atoms with E-state index in [1.165, 1.54) is 11.3 Å². The first-order valence-corrected chi connectivity index (χ1v) is 6.64. The molecule has 5 nitrogen and oxygen atoms in total. The van der Waals surface area contributed by atoms with E-state index >= 15 is 0 Å². The van der Waals surface area contributed by atoms with Gasteiger partial charge in [0.25, 0.3) is 0 Å². The van der Waals surface area contributed by atoms with Crippen molar-refractivity contribution >= 4 is 29.5 Å². The lowest BCUT2D eigenvalue weighted by Gasteiger charge is -2.01. The first-order valence-electron chi connectivity index (χ1n) is 5.42. The summed E-state index contributed by atoms with van der Waals surface area (Å²) in [7, 11) is 0. The SMILES string of the molecule is Cc1cc(CNC(=O)Cc2sc(=S)[nH]c2C)on1. The van der Waals surface area contributed by atoms with Crippen molar-refractivity contribution in [2.75, 3.05) is 0 Å². The fourth-order valence-electron chi connectivity index (χ4n) is 1.50. The minimum absolute atomic E-state index is 0.0580. The maximum absolute atomic E-state index is 11.7. The lowest BCUT2D eigenvalue weighted by molar-refractivity contribution is -0.120. The van der Waals surface area contributed by atoms with Gasteiger partial charge in [-0.05, 0) is 26.1 Å². The van der Waals surface area contributed by atoms with Crippen molar-refractivity contribution in [3.8, 4) is 0 Å². The number of nitrogens with one attached hydrogen (secondary N) is 2. The molecule has 0 atom stereocenters. The normalized spacial score (nSPS) is 10.6. The highest BCUT2D eigenvalue weighted by molar-refractivity contribution is 7.73. The molecule has 0 unspecified atom stereocenters. The molecule has 2 aromatic rings. The highest BCUT2D eigenvalue weighted by Crippen LogP contribution is 2.15. The molecule has 0 saturated carbocycles. The molecular formula is C11H13N3O2S2. The van der Waals surface area contributed by atoms with Crippen molar-refractivity contribution < 1.29 is 9.32 Å². The van der Waals surface area contributed by atoms with Gasteiger partial charge < -0.3 is 14.8 Å². The van der Waals surface area contributed by atoms with Gasteiger partial charge in [-0.3, -0.25) is 4.79 Å². The summed E-state index contributed by atoms with van der Waals surface area (Å²) >= 11 is 6.46. The topological polar surface area (TPSA) is 70.9 Å². The van der Waals surface area contributed by atoms with Gasteiger partial charge in [-0.15, -0.1) is 11.3 Å². The number of nitrogens with zero attached hydrogens (tertiary/aromatic N) is 1. The number of aromatic amines is 1. The highest BCUT2D eigenvalue weighted by Gasteiger charge is 2.09. The number of aromatic nitrogens is 2. The van der Waals surface area contributed by atoms with Crippen LogP contribution in [0.1, 0.15) is 22.0 Å². The summed E-state index contributed by atoms with van der Waals surface area (Å²) in [5.41, 5.74) is 1.76. The minimum Gasteiger partial charge on any atom is -0.359 e. The quantitative estimate of drug-likeness (QED) is 0.844. The average Bonchev–Trinajstić information content (AvgIpc) is 2.83. The lowest BCUT2D eigenvalue weighted by Crippen LogP contribution is -2.24. The van der Waals surface area contributed by atoms with Crippen LogP contribution in [0.3, 0.4) is 0 Å². The number of carbonyl (C=O) groups excluding carboxylic acids is 1. The summed E-state index contributed by atoms with van der Waals surface area (Å²) in [5.74, 6) is 0.594. The summed E-state index contributed by atoms with van der Waals surface area (Å²) in [5, 5.41) is 6.54. The van der Waals surface area contributed by atoms with Crippen LogP contribution in [0.2, 0.25) is 0 Å². The number of aryl methyl sites for hydroxylation is 2. The van der Waals surface area contributed by atoms with Crippen LogP contribution in [0.5, 0.6) is 0 Å². The molecule has 2 N–H and O–H groups in total. The standard InChI is InChI=1S/C11H13N3O2S2/c1-6-3-8(16-14-6)5-12-10(15)4-9-7(2)13-11(17)18-9/h3H,4-5H2,1-2H3,(H,12,15)(H,13,17). The van der Waals surface area contributed by atoms with Crippen molar-refractivity contribution in [1.82, 2.24) is 15.5 Å². The molecule has 0 aliphatic heterocycles. The number of thiazole rings is 1. The Labute approximate surface area is 113 Å². The van der Waals surface area contributed by atoms with Gasteiger partial charge in [0, 0.05) is 16.6 Å². The largest absolute Gasteiger partial charge is 0.359 e. The number of H-pyrrole nitrogens is 1. The third kappa shape index (κ3) is 3.27. The Balaban J connectivity index is 1.89. The predicted molar refractivity (Wildman–Crippen MR) is 71.0 cm³/mol. The van der Waals surface area contributed by atoms with Gasteiger partial charge in [-0.25, -0.2) is 0 Å². The summed E-state index contributed by atoms with van der Waals surface area (Å²) in [6.07, 6.45) is 0.330. The highest BCUT2D eigenvalue weighted by atomic mass is 32.1. The van der Waals surface area contributed by atoms with Gasteiger partial charge in [0.05, 0.1) is 18.7 Å². The molecule has 0 spiro atoms. The van der Waals surface area contributed by atoms with Crippen molar-refractivity contribution in [3.63, 3.8) is 0 Å². The minimum atomic E-state index is -0.0580. The van der Waals surface area contributed by atoms with E-state index in [4.69, 9.17) is 16.7 Å². The fraction of sp³-hybridized carbons (Fsp3) is 0.364. The Bertz CT molecular complexity index is 612. The van der Waals surface area contributed by atoms with Gasteiger partial charge in [0.15, 0.2) is 9.71 Å². The second-order valence-corrected chi connectivity index (χ2v) is 5.72. The molecule has 7 heteroatoms. The summed E-state index contributed by atoms with van der Waals surface area (Å²) in [6.45, 7) is 4.11. The monoisotopic (exact) mass is 283 g/mol. The first kappa shape index (κ1) is 13.0. The zero-order chi connectivity index (χ0) is 13.1. The van der Waals surface area contributed by atoms with E-state index in [1.807, 2.05) is 13.8 Å². The predicted octanol–water partition coefficient (Wildman–Crippen LogP) is 2.27. The maximum Gasteiger partial charge on any atom is 0.225 e. The van der Waals surface area contributed by atoms with E-state index in [0.717, 1.165) is 16.3 Å². The molecule has 0 aliphatic carbocycles. The Hall–Kier alpha value is -1.47. The molecule has 0 fully saturated rings. The van der Waals surface area contributed by atoms with Crippen LogP contribution in [-0.4, -0.2) is 16.0 Å². The molecular weight excluding hydrogens is 270 g/mol. The molecule has 18 heavy (non-hydrogen) atoms. The van der Waals surface area contributed by atoms with Gasteiger partial charge in [0.2, 0.25) is 5.91 Å². The summed E-state index contributed by atoms with van der Waals surface area (Å²) in [4.78, 5) is 15.7. The van der Waals surface area contributed by atoms with E-state index in [0.29, 0.717) is 22.7 Å². The van der Waals surface area contributed by atoms with Crippen molar-refractivity contribution in [1.29, 1.82) is 0 Å². The Morgan fingerprint density at radius 2 is 2.39 bits per heavy atom. The second-order valence-electron chi connectivity index (χ2n) is 3.95. The molecule has 0 aliphatic rings. The molecule has 2 aromatic heterocycles. The molecule has 0 radical (unpaired) electrons. The molecule has 0 aromatic carbocycles. The number of amides is 1. The Morgan fingerprint density at radius 1 is 1.61 bits per heavy atom. The molecule has 1 amide bonds. The van der Waals surface area contributed by atoms with E-state index in [2.05, 4.69) is 15.5 Å².